The van der Waals surface area contributed by atoms with Gasteiger partial charge in [0, 0.05) is 0 Å². The van der Waals surface area contributed by atoms with Gasteiger partial charge in [-0.05, 0) is 48.2 Å². The quantitative estimate of drug-likeness (QED) is 0.400. The van der Waals surface area contributed by atoms with E-state index in [0.29, 0.717) is 10.7 Å². The first-order valence-electron chi connectivity index (χ1n) is 11.1. The normalized spacial score (nSPS) is 12.9. The molecule has 5 nitrogen and oxygen atoms in total. The maximum atomic E-state index is 13.4. The Morgan fingerprint density at radius 2 is 1.51 bits per heavy atom. The lowest BCUT2D eigenvalue weighted by molar-refractivity contribution is -0.137. The summed E-state index contributed by atoms with van der Waals surface area (Å²) in [6.45, 7) is 3.31. The van der Waals surface area contributed by atoms with Crippen LogP contribution >= 0.6 is 0 Å². The molecule has 1 atom stereocenters. The summed E-state index contributed by atoms with van der Waals surface area (Å²) in [5.74, 6) is -0.399. The van der Waals surface area contributed by atoms with Crippen LogP contribution in [0.4, 0.5) is 18.9 Å². The molecule has 3 aromatic carbocycles. The van der Waals surface area contributed by atoms with Crippen LogP contribution in [0.3, 0.4) is 0 Å². The number of halogens is 3. The molecule has 0 radical (unpaired) electrons. The van der Waals surface area contributed by atoms with Gasteiger partial charge in [0.25, 0.3) is 10.0 Å². The number of carbonyl (C=O) groups excluding carboxylic acids is 1. The largest absolute Gasteiger partial charge is 0.416 e. The number of nitrogens with one attached hydrogen (secondary N) is 1. The molecule has 9 heteroatoms. The van der Waals surface area contributed by atoms with Crippen molar-refractivity contribution in [3.05, 3.63) is 96.1 Å². The van der Waals surface area contributed by atoms with Crippen LogP contribution in [0.1, 0.15) is 37.4 Å². The summed E-state index contributed by atoms with van der Waals surface area (Å²) < 4.78 is 67.6. The van der Waals surface area contributed by atoms with Crippen LogP contribution in [0.2, 0.25) is 0 Å². The zero-order valence-corrected chi connectivity index (χ0v) is 20.2. The standard InChI is InChI=1S/C26H27F3N2O3S/c1-19(2)16-24(20-10-5-3-6-11-20)30-25(32)18-31(35(33,34)23-14-7-4-8-15-23)22-13-9-12-21(17-22)26(27,28)29/h3-15,17,19,24H,16,18H2,1-2H3,(H,30,32). The predicted octanol–water partition coefficient (Wildman–Crippen LogP) is 5.80. The molecular formula is C26H27F3N2O3S. The lowest BCUT2D eigenvalue weighted by Crippen LogP contribution is -2.42. The Kier molecular flexibility index (Phi) is 8.22. The molecule has 0 heterocycles. The second-order valence-electron chi connectivity index (χ2n) is 8.53. The van der Waals surface area contributed by atoms with E-state index in [1.807, 2.05) is 44.2 Å². The summed E-state index contributed by atoms with van der Waals surface area (Å²) in [5.41, 5.74) is -0.407. The second-order valence-corrected chi connectivity index (χ2v) is 10.4. The fraction of sp³-hybridized carbons (Fsp3) is 0.269. The topological polar surface area (TPSA) is 66.5 Å². The summed E-state index contributed by atoms with van der Waals surface area (Å²) in [7, 11) is -4.33. The molecule has 3 rings (SSSR count). The van der Waals surface area contributed by atoms with Crippen LogP contribution in [-0.4, -0.2) is 20.9 Å². The van der Waals surface area contributed by atoms with E-state index >= 15 is 0 Å². The lowest BCUT2D eigenvalue weighted by Gasteiger charge is -2.27. The molecule has 0 aliphatic carbocycles. The van der Waals surface area contributed by atoms with Gasteiger partial charge in [0.1, 0.15) is 6.54 Å². The molecular weight excluding hydrogens is 477 g/mol. The van der Waals surface area contributed by atoms with E-state index in [1.165, 1.54) is 30.3 Å². The number of hydrogen-bond donors (Lipinski definition) is 1. The minimum absolute atomic E-state index is 0.132. The van der Waals surface area contributed by atoms with Gasteiger partial charge in [0.2, 0.25) is 5.91 Å². The lowest BCUT2D eigenvalue weighted by atomic mass is 9.97. The van der Waals surface area contributed by atoms with Crippen LogP contribution in [0.25, 0.3) is 0 Å². The fourth-order valence-electron chi connectivity index (χ4n) is 3.68. The van der Waals surface area contributed by atoms with Crippen molar-refractivity contribution in [2.75, 3.05) is 10.8 Å². The van der Waals surface area contributed by atoms with Gasteiger partial charge in [-0.25, -0.2) is 8.42 Å². The third-order valence-corrected chi connectivity index (χ3v) is 7.11. The van der Waals surface area contributed by atoms with Crippen molar-refractivity contribution in [2.45, 2.75) is 37.4 Å². The molecule has 0 aliphatic rings. The summed E-state index contributed by atoms with van der Waals surface area (Å²) in [6.07, 6.45) is -4.07. The highest BCUT2D eigenvalue weighted by Gasteiger charge is 2.33. The molecule has 0 aliphatic heterocycles. The van der Waals surface area contributed by atoms with Crippen molar-refractivity contribution in [1.82, 2.24) is 5.32 Å². The van der Waals surface area contributed by atoms with Crippen molar-refractivity contribution >= 4 is 21.6 Å². The Bertz CT molecular complexity index is 1230. The smallest absolute Gasteiger partial charge is 0.348 e. The summed E-state index contributed by atoms with van der Waals surface area (Å²) in [6, 6.07) is 20.1. The Morgan fingerprint density at radius 3 is 2.09 bits per heavy atom. The van der Waals surface area contributed by atoms with Gasteiger partial charge in [0.05, 0.1) is 22.2 Å². The molecule has 0 aromatic heterocycles. The van der Waals surface area contributed by atoms with E-state index in [1.54, 1.807) is 6.07 Å². The predicted molar refractivity (Wildman–Crippen MR) is 129 cm³/mol. The van der Waals surface area contributed by atoms with Gasteiger partial charge in [-0.3, -0.25) is 9.10 Å². The zero-order chi connectivity index (χ0) is 25.6. The minimum atomic E-state index is -4.67. The molecule has 0 saturated heterocycles. The number of rotatable bonds is 9. The summed E-state index contributed by atoms with van der Waals surface area (Å²) in [4.78, 5) is 13.0. The molecule has 0 fully saturated rings. The number of hydrogen-bond acceptors (Lipinski definition) is 3. The third kappa shape index (κ3) is 6.85. The van der Waals surface area contributed by atoms with Gasteiger partial charge < -0.3 is 5.32 Å². The Morgan fingerprint density at radius 1 is 0.914 bits per heavy atom. The summed E-state index contributed by atoms with van der Waals surface area (Å²) in [5, 5.41) is 2.87. The highest BCUT2D eigenvalue weighted by atomic mass is 32.2. The number of sulfonamides is 1. The Hall–Kier alpha value is -3.33. The number of alkyl halides is 3. The molecule has 1 amide bonds. The van der Waals surface area contributed by atoms with Crippen LogP contribution in [0, 0.1) is 5.92 Å². The van der Waals surface area contributed by atoms with E-state index in [0.717, 1.165) is 23.8 Å². The van der Waals surface area contributed by atoms with Crippen LogP contribution in [0.15, 0.2) is 89.8 Å². The molecule has 0 spiro atoms. The van der Waals surface area contributed by atoms with Crippen molar-refractivity contribution in [1.29, 1.82) is 0 Å². The van der Waals surface area contributed by atoms with Crippen LogP contribution in [-0.2, 0) is 21.0 Å². The number of anilines is 1. The Labute approximate surface area is 203 Å². The van der Waals surface area contributed by atoms with Crippen LogP contribution < -0.4 is 9.62 Å². The van der Waals surface area contributed by atoms with Crippen molar-refractivity contribution < 1.29 is 26.4 Å². The first-order chi connectivity index (χ1) is 16.5. The Balaban J connectivity index is 1.97. The van der Waals surface area contributed by atoms with Gasteiger partial charge in [-0.15, -0.1) is 0 Å². The van der Waals surface area contributed by atoms with E-state index < -0.39 is 34.2 Å². The van der Waals surface area contributed by atoms with Gasteiger partial charge >= 0.3 is 6.18 Å². The second kappa shape index (κ2) is 10.9. The van der Waals surface area contributed by atoms with Crippen molar-refractivity contribution in [3.8, 4) is 0 Å². The van der Waals surface area contributed by atoms with Crippen LogP contribution in [0.5, 0.6) is 0 Å². The maximum Gasteiger partial charge on any atom is 0.416 e. The third-order valence-electron chi connectivity index (χ3n) is 5.32. The van der Waals surface area contributed by atoms with Crippen molar-refractivity contribution in [3.63, 3.8) is 0 Å². The number of amides is 1. The van der Waals surface area contributed by atoms with Gasteiger partial charge in [-0.1, -0.05) is 68.4 Å². The zero-order valence-electron chi connectivity index (χ0n) is 19.4. The molecule has 186 valence electrons. The molecule has 3 aromatic rings. The highest BCUT2D eigenvalue weighted by molar-refractivity contribution is 7.92. The summed E-state index contributed by atoms with van der Waals surface area (Å²) >= 11 is 0. The number of nitrogens with zero attached hydrogens (tertiary/aromatic N) is 1. The molecule has 1 unspecified atom stereocenters. The monoisotopic (exact) mass is 504 g/mol. The number of benzene rings is 3. The van der Waals surface area contributed by atoms with E-state index in [2.05, 4.69) is 5.32 Å². The highest BCUT2D eigenvalue weighted by Crippen LogP contribution is 2.33. The van der Waals surface area contributed by atoms with E-state index in [9.17, 15) is 26.4 Å². The first-order valence-corrected chi connectivity index (χ1v) is 12.5. The van der Waals surface area contributed by atoms with Crippen molar-refractivity contribution in [2.24, 2.45) is 5.92 Å². The maximum absolute atomic E-state index is 13.4. The molecule has 35 heavy (non-hydrogen) atoms. The van der Waals surface area contributed by atoms with E-state index in [4.69, 9.17) is 0 Å². The first kappa shape index (κ1) is 26.3. The molecule has 1 N–H and O–H groups in total. The molecule has 0 saturated carbocycles. The van der Waals surface area contributed by atoms with E-state index in [-0.39, 0.29) is 22.5 Å². The average molecular weight is 505 g/mol. The van der Waals surface area contributed by atoms with Gasteiger partial charge in [0.15, 0.2) is 0 Å². The SMILES string of the molecule is CC(C)CC(NC(=O)CN(c1cccc(C(F)(F)F)c1)S(=O)(=O)c1ccccc1)c1ccccc1. The molecule has 0 bridgehead atoms. The fourth-order valence-corrected chi connectivity index (χ4v) is 5.11. The van der Waals surface area contributed by atoms with Gasteiger partial charge in [-0.2, -0.15) is 13.2 Å². The minimum Gasteiger partial charge on any atom is -0.348 e. The number of carbonyl (C=O) groups is 1. The average Bonchev–Trinajstić information content (AvgIpc) is 2.82.